The Bertz CT molecular complexity index is 420. The highest BCUT2D eigenvalue weighted by atomic mass is 16.5. The first-order chi connectivity index (χ1) is 8.58. The number of hydrogen-bond acceptors (Lipinski definition) is 4. The number of nitrogen functional groups attached to an aromatic ring is 1. The molecule has 0 fully saturated rings. The molecule has 98 valence electrons. The molecule has 0 aliphatic carbocycles. The molecule has 6 nitrogen and oxygen atoms in total. The highest BCUT2D eigenvalue weighted by Crippen LogP contribution is 2.13. The third-order valence-corrected chi connectivity index (χ3v) is 2.12. The number of aliphatic carboxylic acids is 1. The summed E-state index contributed by atoms with van der Waals surface area (Å²) in [6.45, 7) is 0.210. The van der Waals surface area contributed by atoms with Crippen LogP contribution in [0.2, 0.25) is 0 Å². The minimum absolute atomic E-state index is 0.0381. The third kappa shape index (κ3) is 5.74. The Kier molecular flexibility index (Phi) is 5.50. The Morgan fingerprint density at radius 1 is 1.39 bits per heavy atom. The second-order valence-electron chi connectivity index (χ2n) is 3.71. The molecular formula is C12H16N2O4. The van der Waals surface area contributed by atoms with Crippen molar-refractivity contribution < 1.29 is 19.4 Å². The number of rotatable bonds is 7. The van der Waals surface area contributed by atoms with Crippen molar-refractivity contribution in [1.29, 1.82) is 0 Å². The molecule has 0 atom stereocenters. The van der Waals surface area contributed by atoms with Crippen LogP contribution >= 0.6 is 0 Å². The van der Waals surface area contributed by atoms with E-state index in [1.165, 1.54) is 0 Å². The molecule has 0 radical (unpaired) electrons. The first kappa shape index (κ1) is 13.8. The van der Waals surface area contributed by atoms with Crippen LogP contribution in [0.15, 0.2) is 24.3 Å². The van der Waals surface area contributed by atoms with Gasteiger partial charge in [0.15, 0.2) is 6.61 Å². The smallest absolute Gasteiger partial charge is 0.303 e. The Morgan fingerprint density at radius 3 is 2.83 bits per heavy atom. The van der Waals surface area contributed by atoms with Gasteiger partial charge in [-0.2, -0.15) is 0 Å². The van der Waals surface area contributed by atoms with E-state index in [0.29, 0.717) is 24.4 Å². The van der Waals surface area contributed by atoms with Gasteiger partial charge in [0.25, 0.3) is 5.91 Å². The Hall–Kier alpha value is -2.24. The molecule has 1 rings (SSSR count). The van der Waals surface area contributed by atoms with Crippen molar-refractivity contribution in [3.63, 3.8) is 0 Å². The summed E-state index contributed by atoms with van der Waals surface area (Å²) in [6, 6.07) is 6.78. The van der Waals surface area contributed by atoms with Crippen LogP contribution in [0.1, 0.15) is 12.8 Å². The molecule has 1 amide bonds. The monoisotopic (exact) mass is 252 g/mol. The molecule has 0 unspecified atom stereocenters. The van der Waals surface area contributed by atoms with Gasteiger partial charge in [-0.15, -0.1) is 0 Å². The van der Waals surface area contributed by atoms with Crippen LogP contribution in [0, 0.1) is 0 Å². The lowest BCUT2D eigenvalue weighted by Crippen LogP contribution is -2.29. The van der Waals surface area contributed by atoms with Crippen molar-refractivity contribution in [2.45, 2.75) is 12.8 Å². The molecule has 0 aliphatic rings. The third-order valence-electron chi connectivity index (χ3n) is 2.12. The molecule has 0 saturated heterocycles. The molecule has 1 aromatic rings. The van der Waals surface area contributed by atoms with Crippen molar-refractivity contribution in [1.82, 2.24) is 5.32 Å². The number of carboxylic acid groups (broad SMARTS) is 1. The summed E-state index contributed by atoms with van der Waals surface area (Å²) in [5.41, 5.74) is 6.12. The number of anilines is 1. The van der Waals surface area contributed by atoms with Crippen molar-refractivity contribution >= 4 is 17.6 Å². The molecule has 0 aromatic heterocycles. The summed E-state index contributed by atoms with van der Waals surface area (Å²) >= 11 is 0. The fourth-order valence-corrected chi connectivity index (χ4v) is 1.27. The normalized spacial score (nSPS) is 9.78. The quantitative estimate of drug-likeness (QED) is 0.488. The molecule has 18 heavy (non-hydrogen) atoms. The van der Waals surface area contributed by atoms with E-state index in [2.05, 4.69) is 5.32 Å². The average molecular weight is 252 g/mol. The van der Waals surface area contributed by atoms with Crippen molar-refractivity contribution in [3.8, 4) is 5.75 Å². The number of carbonyl (C=O) groups is 2. The Labute approximate surface area is 105 Å². The summed E-state index contributed by atoms with van der Waals surface area (Å²) < 4.78 is 5.22. The van der Waals surface area contributed by atoms with Gasteiger partial charge in [-0.3, -0.25) is 9.59 Å². The van der Waals surface area contributed by atoms with Crippen molar-refractivity contribution in [3.05, 3.63) is 24.3 Å². The number of carbonyl (C=O) groups excluding carboxylic acids is 1. The van der Waals surface area contributed by atoms with Crippen LogP contribution in [-0.2, 0) is 9.59 Å². The van der Waals surface area contributed by atoms with Gasteiger partial charge in [-0.05, 0) is 18.6 Å². The minimum atomic E-state index is -0.875. The maximum absolute atomic E-state index is 11.3. The van der Waals surface area contributed by atoms with Gasteiger partial charge in [-0.1, -0.05) is 6.07 Å². The van der Waals surface area contributed by atoms with Gasteiger partial charge in [0.05, 0.1) is 0 Å². The number of benzene rings is 1. The molecule has 0 heterocycles. The predicted molar refractivity (Wildman–Crippen MR) is 66.2 cm³/mol. The van der Waals surface area contributed by atoms with E-state index in [0.717, 1.165) is 0 Å². The zero-order valence-corrected chi connectivity index (χ0v) is 9.89. The van der Waals surface area contributed by atoms with E-state index in [-0.39, 0.29) is 18.9 Å². The van der Waals surface area contributed by atoms with Gasteiger partial charge < -0.3 is 20.9 Å². The van der Waals surface area contributed by atoms with Gasteiger partial charge in [0, 0.05) is 24.7 Å². The van der Waals surface area contributed by atoms with E-state index in [9.17, 15) is 9.59 Å². The fourth-order valence-electron chi connectivity index (χ4n) is 1.27. The van der Waals surface area contributed by atoms with Crippen LogP contribution in [0.5, 0.6) is 5.75 Å². The predicted octanol–water partition coefficient (Wildman–Crippen LogP) is 0.629. The maximum Gasteiger partial charge on any atom is 0.303 e. The first-order valence-electron chi connectivity index (χ1n) is 5.55. The van der Waals surface area contributed by atoms with E-state index in [4.69, 9.17) is 15.6 Å². The average Bonchev–Trinajstić information content (AvgIpc) is 2.32. The van der Waals surface area contributed by atoms with E-state index >= 15 is 0 Å². The van der Waals surface area contributed by atoms with Gasteiger partial charge >= 0.3 is 5.97 Å². The van der Waals surface area contributed by atoms with Crippen LogP contribution in [0.4, 0.5) is 5.69 Å². The number of amides is 1. The second-order valence-corrected chi connectivity index (χ2v) is 3.71. The van der Waals surface area contributed by atoms with Gasteiger partial charge in [0.1, 0.15) is 5.75 Å². The summed E-state index contributed by atoms with van der Waals surface area (Å²) in [5.74, 6) is -0.640. The number of ether oxygens (including phenoxy) is 1. The lowest BCUT2D eigenvalue weighted by Gasteiger charge is -2.07. The maximum atomic E-state index is 11.3. The lowest BCUT2D eigenvalue weighted by molar-refractivity contribution is -0.137. The molecule has 0 saturated carbocycles. The Balaban J connectivity index is 2.19. The van der Waals surface area contributed by atoms with Crippen LogP contribution < -0.4 is 15.8 Å². The molecule has 0 bridgehead atoms. The summed E-state index contributed by atoms with van der Waals surface area (Å²) in [7, 11) is 0. The molecule has 0 spiro atoms. The summed E-state index contributed by atoms with van der Waals surface area (Å²) in [6.07, 6.45) is 0.440. The number of hydrogen-bond donors (Lipinski definition) is 3. The van der Waals surface area contributed by atoms with E-state index in [1.807, 2.05) is 0 Å². The van der Waals surface area contributed by atoms with Crippen molar-refractivity contribution in [2.75, 3.05) is 18.9 Å². The van der Waals surface area contributed by atoms with Crippen LogP contribution in [-0.4, -0.2) is 30.1 Å². The number of nitrogens with two attached hydrogens (primary N) is 1. The largest absolute Gasteiger partial charge is 0.484 e. The zero-order valence-electron chi connectivity index (χ0n) is 9.89. The Morgan fingerprint density at radius 2 is 2.17 bits per heavy atom. The van der Waals surface area contributed by atoms with Crippen LogP contribution in [0.3, 0.4) is 0 Å². The molecule has 4 N–H and O–H groups in total. The molecular weight excluding hydrogens is 236 g/mol. The summed E-state index contributed by atoms with van der Waals surface area (Å²) in [4.78, 5) is 21.6. The number of carboxylic acids is 1. The highest BCUT2D eigenvalue weighted by molar-refractivity contribution is 5.77. The molecule has 1 aromatic carbocycles. The molecule has 6 heteroatoms. The van der Waals surface area contributed by atoms with E-state index < -0.39 is 5.97 Å². The highest BCUT2D eigenvalue weighted by Gasteiger charge is 2.03. The van der Waals surface area contributed by atoms with Gasteiger partial charge in [-0.25, -0.2) is 0 Å². The number of nitrogens with one attached hydrogen (secondary N) is 1. The fraction of sp³-hybridized carbons (Fsp3) is 0.333. The lowest BCUT2D eigenvalue weighted by atomic mass is 10.3. The summed E-state index contributed by atoms with van der Waals surface area (Å²) in [5, 5.41) is 11.0. The zero-order chi connectivity index (χ0) is 13.4. The minimum Gasteiger partial charge on any atom is -0.484 e. The topological polar surface area (TPSA) is 102 Å². The second kappa shape index (κ2) is 7.16. The van der Waals surface area contributed by atoms with Crippen molar-refractivity contribution in [2.24, 2.45) is 0 Å². The van der Waals surface area contributed by atoms with Gasteiger partial charge in [0.2, 0.25) is 0 Å². The van der Waals surface area contributed by atoms with Crippen LogP contribution in [0.25, 0.3) is 0 Å². The SMILES string of the molecule is Nc1cccc(OCC(=O)NCCCC(=O)O)c1. The van der Waals surface area contributed by atoms with E-state index in [1.54, 1.807) is 24.3 Å². The standard InChI is InChI=1S/C12H16N2O4/c13-9-3-1-4-10(7-9)18-8-11(15)14-6-2-5-12(16)17/h1,3-4,7H,2,5-6,8,13H2,(H,14,15)(H,16,17). The first-order valence-corrected chi connectivity index (χ1v) is 5.55. The molecule has 0 aliphatic heterocycles.